The quantitative estimate of drug-likeness (QED) is 0.832. The highest BCUT2D eigenvalue weighted by molar-refractivity contribution is 5.73. The van der Waals surface area contributed by atoms with Gasteiger partial charge in [-0.05, 0) is 50.8 Å². The van der Waals surface area contributed by atoms with Crippen LogP contribution >= 0.6 is 0 Å². The van der Waals surface area contributed by atoms with Crippen LogP contribution in [0.5, 0.6) is 5.75 Å². The van der Waals surface area contributed by atoms with Gasteiger partial charge in [0.15, 0.2) is 0 Å². The van der Waals surface area contributed by atoms with E-state index < -0.39 is 12.0 Å². The zero-order valence-corrected chi connectivity index (χ0v) is 12.4. The maximum Gasteiger partial charge on any atom is 0.320 e. The van der Waals surface area contributed by atoms with Crippen LogP contribution in [0.3, 0.4) is 0 Å². The molecule has 2 rings (SSSR count). The first-order valence-corrected chi connectivity index (χ1v) is 7.17. The van der Waals surface area contributed by atoms with Crippen LogP contribution in [0.4, 0.5) is 0 Å². The number of aryl methyl sites for hydroxylation is 2. The predicted octanol–water partition coefficient (Wildman–Crippen LogP) is 2.62. The molecule has 0 spiro atoms. The van der Waals surface area contributed by atoms with Gasteiger partial charge in [0.05, 0.1) is 0 Å². The molecule has 1 aromatic carbocycles. The van der Waals surface area contributed by atoms with Crippen molar-refractivity contribution in [2.75, 3.05) is 13.2 Å². The van der Waals surface area contributed by atoms with E-state index in [9.17, 15) is 4.79 Å². The molecule has 110 valence electrons. The number of carboxylic acids is 1. The summed E-state index contributed by atoms with van der Waals surface area (Å²) in [5.41, 5.74) is 2.28. The monoisotopic (exact) mass is 277 g/mol. The van der Waals surface area contributed by atoms with Crippen LogP contribution in [0.2, 0.25) is 0 Å². The van der Waals surface area contributed by atoms with E-state index in [2.05, 4.69) is 6.07 Å². The van der Waals surface area contributed by atoms with Gasteiger partial charge in [0, 0.05) is 12.6 Å². The second kappa shape index (κ2) is 6.27. The number of ether oxygens (including phenoxy) is 1. The number of rotatable bonds is 7. The number of nitrogens with zero attached hydrogens (tertiary/aromatic N) is 1. The van der Waals surface area contributed by atoms with E-state index >= 15 is 0 Å². The van der Waals surface area contributed by atoms with Crippen molar-refractivity contribution in [2.24, 2.45) is 0 Å². The zero-order chi connectivity index (χ0) is 14.7. The summed E-state index contributed by atoms with van der Waals surface area (Å²) in [4.78, 5) is 13.2. The van der Waals surface area contributed by atoms with Gasteiger partial charge in [-0.2, -0.15) is 0 Å². The van der Waals surface area contributed by atoms with Gasteiger partial charge in [-0.25, -0.2) is 0 Å². The van der Waals surface area contributed by atoms with Crippen molar-refractivity contribution >= 4 is 5.97 Å². The molecule has 1 aliphatic rings. The lowest BCUT2D eigenvalue weighted by Gasteiger charge is -2.26. The van der Waals surface area contributed by atoms with E-state index in [4.69, 9.17) is 9.84 Å². The summed E-state index contributed by atoms with van der Waals surface area (Å²) >= 11 is 0. The molecule has 1 aliphatic carbocycles. The van der Waals surface area contributed by atoms with Crippen molar-refractivity contribution in [3.05, 3.63) is 29.3 Å². The van der Waals surface area contributed by atoms with Crippen molar-refractivity contribution < 1.29 is 14.6 Å². The molecule has 4 nitrogen and oxygen atoms in total. The van der Waals surface area contributed by atoms with Gasteiger partial charge in [-0.15, -0.1) is 0 Å². The first kappa shape index (κ1) is 14.9. The summed E-state index contributed by atoms with van der Waals surface area (Å²) in [6.45, 7) is 6.99. The lowest BCUT2D eigenvalue weighted by molar-refractivity contribution is -0.143. The molecule has 0 bridgehead atoms. The Hall–Kier alpha value is -1.55. The van der Waals surface area contributed by atoms with Gasteiger partial charge in [0.1, 0.15) is 18.4 Å². The van der Waals surface area contributed by atoms with Crippen molar-refractivity contribution in [2.45, 2.75) is 45.7 Å². The summed E-state index contributed by atoms with van der Waals surface area (Å²) in [6.07, 6.45) is 2.20. The average Bonchev–Trinajstić information content (AvgIpc) is 3.22. The van der Waals surface area contributed by atoms with Crippen molar-refractivity contribution in [3.63, 3.8) is 0 Å². The molecule has 20 heavy (non-hydrogen) atoms. The normalized spacial score (nSPS) is 16.2. The van der Waals surface area contributed by atoms with Gasteiger partial charge in [-0.1, -0.05) is 12.1 Å². The smallest absolute Gasteiger partial charge is 0.320 e. The molecule has 1 aromatic rings. The number of benzene rings is 1. The average molecular weight is 277 g/mol. The van der Waals surface area contributed by atoms with E-state index in [1.165, 1.54) is 5.56 Å². The fourth-order valence-electron chi connectivity index (χ4n) is 2.36. The topological polar surface area (TPSA) is 49.8 Å². The Labute approximate surface area is 120 Å². The van der Waals surface area contributed by atoms with Crippen molar-refractivity contribution in [1.29, 1.82) is 0 Å². The summed E-state index contributed by atoms with van der Waals surface area (Å²) in [6, 6.07) is 6.11. The van der Waals surface area contributed by atoms with Crippen molar-refractivity contribution in [3.8, 4) is 5.75 Å². The van der Waals surface area contributed by atoms with E-state index in [0.717, 1.165) is 24.2 Å². The standard InChI is InChI=1S/C16H23NO3/c1-11-4-5-12(2)15(10-11)20-9-8-17(14-6-7-14)13(3)16(18)19/h4-5,10,13-14H,6-9H2,1-3H3,(H,18,19). The van der Waals surface area contributed by atoms with Crippen LogP contribution in [0.25, 0.3) is 0 Å². The Balaban J connectivity index is 1.90. The second-order valence-corrected chi connectivity index (χ2v) is 5.60. The molecule has 0 amide bonds. The van der Waals surface area contributed by atoms with E-state index in [1.807, 2.05) is 30.9 Å². The Morgan fingerprint density at radius 2 is 2.15 bits per heavy atom. The van der Waals surface area contributed by atoms with Crippen LogP contribution < -0.4 is 4.74 Å². The van der Waals surface area contributed by atoms with E-state index in [-0.39, 0.29) is 0 Å². The fraction of sp³-hybridized carbons (Fsp3) is 0.562. The lowest BCUT2D eigenvalue weighted by atomic mass is 10.1. The first-order valence-electron chi connectivity index (χ1n) is 7.17. The fourth-order valence-corrected chi connectivity index (χ4v) is 2.36. The zero-order valence-electron chi connectivity index (χ0n) is 12.4. The summed E-state index contributed by atoms with van der Waals surface area (Å²) in [7, 11) is 0. The van der Waals surface area contributed by atoms with Crippen LogP contribution in [-0.2, 0) is 4.79 Å². The first-order chi connectivity index (χ1) is 9.49. The Kier molecular flexibility index (Phi) is 4.65. The molecule has 1 unspecified atom stereocenters. The number of carboxylic acid groups (broad SMARTS) is 1. The van der Waals surface area contributed by atoms with Gasteiger partial charge in [0.2, 0.25) is 0 Å². The highest BCUT2D eigenvalue weighted by Crippen LogP contribution is 2.28. The molecule has 1 fully saturated rings. The SMILES string of the molecule is Cc1ccc(C)c(OCCN(C2CC2)C(C)C(=O)O)c1. The van der Waals surface area contributed by atoms with Crippen LogP contribution in [-0.4, -0.2) is 41.2 Å². The van der Waals surface area contributed by atoms with Crippen molar-refractivity contribution in [1.82, 2.24) is 4.90 Å². The Bertz CT molecular complexity index is 483. The largest absolute Gasteiger partial charge is 0.492 e. The highest BCUT2D eigenvalue weighted by Gasteiger charge is 2.34. The Morgan fingerprint density at radius 3 is 2.75 bits per heavy atom. The lowest BCUT2D eigenvalue weighted by Crippen LogP contribution is -2.42. The maximum absolute atomic E-state index is 11.1. The summed E-state index contributed by atoms with van der Waals surface area (Å²) in [5, 5.41) is 9.14. The highest BCUT2D eigenvalue weighted by atomic mass is 16.5. The molecule has 0 heterocycles. The molecule has 1 N–H and O–H groups in total. The number of hydrogen-bond donors (Lipinski definition) is 1. The van der Waals surface area contributed by atoms with Gasteiger partial charge < -0.3 is 9.84 Å². The second-order valence-electron chi connectivity index (χ2n) is 5.60. The van der Waals surface area contributed by atoms with Gasteiger partial charge in [0.25, 0.3) is 0 Å². The minimum atomic E-state index is -0.761. The maximum atomic E-state index is 11.1. The molecule has 4 heteroatoms. The van der Waals surface area contributed by atoms with Crippen LogP contribution in [0, 0.1) is 13.8 Å². The van der Waals surface area contributed by atoms with Gasteiger partial charge in [-0.3, -0.25) is 9.69 Å². The summed E-state index contributed by atoms with van der Waals surface area (Å²) in [5.74, 6) is 0.132. The summed E-state index contributed by atoms with van der Waals surface area (Å²) < 4.78 is 5.82. The number of carbonyl (C=O) groups is 1. The van der Waals surface area contributed by atoms with Crippen LogP contribution in [0.1, 0.15) is 30.9 Å². The molecule has 0 aromatic heterocycles. The molecular formula is C16H23NO3. The molecule has 0 radical (unpaired) electrons. The number of hydrogen-bond acceptors (Lipinski definition) is 3. The van der Waals surface area contributed by atoms with E-state index in [0.29, 0.717) is 19.2 Å². The van der Waals surface area contributed by atoms with Gasteiger partial charge >= 0.3 is 5.97 Å². The molecule has 0 aliphatic heterocycles. The molecule has 1 saturated carbocycles. The van der Waals surface area contributed by atoms with Crippen LogP contribution in [0.15, 0.2) is 18.2 Å². The third-order valence-corrected chi connectivity index (χ3v) is 3.82. The molecule has 0 saturated heterocycles. The minimum Gasteiger partial charge on any atom is -0.492 e. The van der Waals surface area contributed by atoms with E-state index in [1.54, 1.807) is 6.92 Å². The Morgan fingerprint density at radius 1 is 1.45 bits per heavy atom. The number of aliphatic carboxylic acids is 1. The third-order valence-electron chi connectivity index (χ3n) is 3.82. The minimum absolute atomic E-state index is 0.420. The molecular weight excluding hydrogens is 254 g/mol. The predicted molar refractivity (Wildman–Crippen MR) is 78.2 cm³/mol. The molecule has 1 atom stereocenters. The third kappa shape index (κ3) is 3.73.